The molecule has 1 N–H and O–H groups in total. The number of carbonyl (C=O) groups is 1. The zero-order chi connectivity index (χ0) is 15.5. The zero-order valence-corrected chi connectivity index (χ0v) is 12.4. The third kappa shape index (κ3) is 4.10. The van der Waals surface area contributed by atoms with Crippen molar-refractivity contribution in [2.75, 3.05) is 13.6 Å². The topological polar surface area (TPSA) is 66.3 Å². The highest BCUT2D eigenvalue weighted by atomic mass is 16.3. The van der Waals surface area contributed by atoms with Crippen LogP contribution in [0, 0.1) is 0 Å². The lowest BCUT2D eigenvalue weighted by atomic mass is 10.1. The van der Waals surface area contributed by atoms with E-state index in [4.69, 9.17) is 0 Å². The first-order valence-electron chi connectivity index (χ1n) is 6.72. The van der Waals surface area contributed by atoms with Crippen LogP contribution in [0.1, 0.15) is 24.2 Å². The Bertz CT molecular complexity index is 604. The van der Waals surface area contributed by atoms with Crippen molar-refractivity contribution in [2.24, 2.45) is 0 Å². The standard InChI is InChI=1S/C16H19N3O2/c1-16(2,21)11-19(3)15(20)13-9-17-14(18-10-13)12-7-5-4-6-8-12/h4-10,21H,11H2,1-3H3. The molecule has 1 aromatic heterocycles. The number of hydrogen-bond acceptors (Lipinski definition) is 4. The van der Waals surface area contributed by atoms with Crippen LogP contribution in [0.25, 0.3) is 11.4 Å². The SMILES string of the molecule is CN(CC(C)(C)O)C(=O)c1cnc(-c2ccccc2)nc1. The van der Waals surface area contributed by atoms with Crippen LogP contribution in [0.15, 0.2) is 42.7 Å². The van der Waals surface area contributed by atoms with Crippen molar-refractivity contribution >= 4 is 5.91 Å². The van der Waals surface area contributed by atoms with Crippen LogP contribution >= 0.6 is 0 Å². The van der Waals surface area contributed by atoms with Gasteiger partial charge in [0.15, 0.2) is 5.82 Å². The number of nitrogens with zero attached hydrogens (tertiary/aromatic N) is 3. The van der Waals surface area contributed by atoms with Crippen LogP contribution in [0.4, 0.5) is 0 Å². The molecule has 0 saturated heterocycles. The Morgan fingerprint density at radius 3 is 2.29 bits per heavy atom. The predicted molar refractivity (Wildman–Crippen MR) is 80.7 cm³/mol. The molecule has 1 amide bonds. The van der Waals surface area contributed by atoms with E-state index < -0.39 is 5.60 Å². The molecule has 2 rings (SSSR count). The van der Waals surface area contributed by atoms with Gasteiger partial charge in [0.2, 0.25) is 0 Å². The molecule has 21 heavy (non-hydrogen) atoms. The van der Waals surface area contributed by atoms with Crippen molar-refractivity contribution < 1.29 is 9.90 Å². The Kier molecular flexibility index (Phi) is 4.33. The Morgan fingerprint density at radius 1 is 1.19 bits per heavy atom. The van der Waals surface area contributed by atoms with E-state index in [9.17, 15) is 9.90 Å². The molecule has 0 fully saturated rings. The van der Waals surface area contributed by atoms with Gasteiger partial charge in [0.05, 0.1) is 11.2 Å². The fourth-order valence-corrected chi connectivity index (χ4v) is 2.05. The summed E-state index contributed by atoms with van der Waals surface area (Å²) in [5.74, 6) is 0.369. The Morgan fingerprint density at radius 2 is 1.76 bits per heavy atom. The summed E-state index contributed by atoms with van der Waals surface area (Å²) >= 11 is 0. The number of hydrogen-bond donors (Lipinski definition) is 1. The largest absolute Gasteiger partial charge is 0.389 e. The lowest BCUT2D eigenvalue weighted by Crippen LogP contribution is -2.39. The van der Waals surface area contributed by atoms with Crippen molar-refractivity contribution in [2.45, 2.75) is 19.4 Å². The molecule has 1 aromatic carbocycles. The minimum Gasteiger partial charge on any atom is -0.389 e. The Labute approximate surface area is 124 Å². The summed E-state index contributed by atoms with van der Waals surface area (Å²) in [6, 6.07) is 9.57. The zero-order valence-electron chi connectivity index (χ0n) is 12.4. The molecule has 5 heteroatoms. The van der Waals surface area contributed by atoms with Crippen LogP contribution in [-0.4, -0.2) is 45.1 Å². The predicted octanol–water partition coefficient (Wildman–Crippen LogP) is 1.99. The highest BCUT2D eigenvalue weighted by Gasteiger charge is 2.20. The summed E-state index contributed by atoms with van der Waals surface area (Å²) in [5, 5.41) is 9.75. The first-order valence-corrected chi connectivity index (χ1v) is 6.72. The molecule has 0 atom stereocenters. The molecule has 5 nitrogen and oxygen atoms in total. The van der Waals surface area contributed by atoms with Gasteiger partial charge in [-0.15, -0.1) is 0 Å². The number of aliphatic hydroxyl groups is 1. The first kappa shape index (κ1) is 15.1. The van der Waals surface area contributed by atoms with Gasteiger partial charge in [-0.1, -0.05) is 30.3 Å². The second-order valence-electron chi connectivity index (χ2n) is 5.64. The second kappa shape index (κ2) is 6.01. The molecule has 0 bridgehead atoms. The molecule has 0 aliphatic heterocycles. The van der Waals surface area contributed by atoms with Crippen LogP contribution in [-0.2, 0) is 0 Å². The minimum absolute atomic E-state index is 0.211. The number of aromatic nitrogens is 2. The van der Waals surface area contributed by atoms with Gasteiger partial charge in [-0.05, 0) is 13.8 Å². The van der Waals surface area contributed by atoms with Gasteiger partial charge in [-0.3, -0.25) is 4.79 Å². The lowest BCUT2D eigenvalue weighted by molar-refractivity contribution is 0.0367. The van der Waals surface area contributed by atoms with Crippen LogP contribution in [0.3, 0.4) is 0 Å². The van der Waals surface area contributed by atoms with E-state index in [0.29, 0.717) is 11.4 Å². The summed E-state index contributed by atoms with van der Waals surface area (Å²) < 4.78 is 0. The number of benzene rings is 1. The van der Waals surface area contributed by atoms with Gasteiger partial charge in [0.25, 0.3) is 5.91 Å². The average molecular weight is 285 g/mol. The van der Waals surface area contributed by atoms with Crippen LogP contribution in [0.5, 0.6) is 0 Å². The van der Waals surface area contributed by atoms with Gasteiger partial charge in [0, 0.05) is 31.5 Å². The second-order valence-corrected chi connectivity index (χ2v) is 5.64. The molecular formula is C16H19N3O2. The molecule has 0 aliphatic carbocycles. The molecule has 2 aromatic rings. The number of rotatable bonds is 4. The summed E-state index contributed by atoms with van der Waals surface area (Å²) in [7, 11) is 1.64. The Hall–Kier alpha value is -2.27. The van der Waals surface area contributed by atoms with E-state index in [0.717, 1.165) is 5.56 Å². The van der Waals surface area contributed by atoms with Gasteiger partial charge >= 0.3 is 0 Å². The molecule has 0 spiro atoms. The number of amides is 1. The highest BCUT2D eigenvalue weighted by Crippen LogP contribution is 2.14. The number of likely N-dealkylation sites (N-methyl/N-ethyl adjacent to an activating group) is 1. The van der Waals surface area contributed by atoms with Crippen LogP contribution < -0.4 is 0 Å². The van der Waals surface area contributed by atoms with E-state index in [1.807, 2.05) is 30.3 Å². The van der Waals surface area contributed by atoms with Crippen molar-refractivity contribution in [1.29, 1.82) is 0 Å². The summed E-state index contributed by atoms with van der Waals surface area (Å²) in [6.45, 7) is 3.56. The fraction of sp³-hybridized carbons (Fsp3) is 0.312. The maximum absolute atomic E-state index is 12.2. The van der Waals surface area contributed by atoms with E-state index in [1.165, 1.54) is 17.3 Å². The van der Waals surface area contributed by atoms with Crippen molar-refractivity contribution in [3.63, 3.8) is 0 Å². The van der Waals surface area contributed by atoms with E-state index in [2.05, 4.69) is 9.97 Å². The fourth-order valence-electron chi connectivity index (χ4n) is 2.05. The summed E-state index contributed by atoms with van der Waals surface area (Å²) in [6.07, 6.45) is 3.02. The molecule has 0 aliphatic rings. The first-order chi connectivity index (χ1) is 9.87. The van der Waals surface area contributed by atoms with Crippen LogP contribution in [0.2, 0.25) is 0 Å². The van der Waals surface area contributed by atoms with E-state index in [1.54, 1.807) is 20.9 Å². The monoisotopic (exact) mass is 285 g/mol. The highest BCUT2D eigenvalue weighted by molar-refractivity contribution is 5.93. The molecule has 0 radical (unpaired) electrons. The molecule has 110 valence electrons. The van der Waals surface area contributed by atoms with Gasteiger partial charge in [0.1, 0.15) is 0 Å². The third-order valence-corrected chi connectivity index (χ3v) is 2.90. The Balaban J connectivity index is 2.14. The molecule has 0 unspecified atom stereocenters. The molecule has 0 saturated carbocycles. The number of carbonyl (C=O) groups excluding carboxylic acids is 1. The minimum atomic E-state index is -0.935. The maximum Gasteiger partial charge on any atom is 0.256 e. The molecule has 1 heterocycles. The van der Waals surface area contributed by atoms with Crippen molar-refractivity contribution in [1.82, 2.24) is 14.9 Å². The van der Waals surface area contributed by atoms with Gasteiger partial charge in [-0.25, -0.2) is 9.97 Å². The normalized spacial score (nSPS) is 11.2. The van der Waals surface area contributed by atoms with E-state index >= 15 is 0 Å². The smallest absolute Gasteiger partial charge is 0.256 e. The van der Waals surface area contributed by atoms with Crippen molar-refractivity contribution in [3.8, 4) is 11.4 Å². The average Bonchev–Trinajstić information content (AvgIpc) is 2.46. The molecular weight excluding hydrogens is 266 g/mol. The van der Waals surface area contributed by atoms with Crippen molar-refractivity contribution in [3.05, 3.63) is 48.3 Å². The van der Waals surface area contributed by atoms with Gasteiger partial charge in [-0.2, -0.15) is 0 Å². The third-order valence-electron chi connectivity index (χ3n) is 2.90. The summed E-state index contributed by atoms with van der Waals surface area (Å²) in [5.41, 5.74) is 0.373. The van der Waals surface area contributed by atoms with E-state index in [-0.39, 0.29) is 12.5 Å². The van der Waals surface area contributed by atoms with Gasteiger partial charge < -0.3 is 10.0 Å². The maximum atomic E-state index is 12.2. The lowest BCUT2D eigenvalue weighted by Gasteiger charge is -2.25. The quantitative estimate of drug-likeness (QED) is 0.933. The summed E-state index contributed by atoms with van der Waals surface area (Å²) in [4.78, 5) is 22.1.